The van der Waals surface area contributed by atoms with Gasteiger partial charge in [-0.1, -0.05) is 34.1 Å². The Balaban J connectivity index is 2.47. The number of carboxylic acid groups (broad SMARTS) is 1. The fourth-order valence-electron chi connectivity index (χ4n) is 2.90. The molecule has 122 valence electrons. The second-order valence-corrected chi connectivity index (χ2v) is 7.35. The monoisotopic (exact) mass is 298 g/mol. The number of rotatable bonds is 6. The van der Waals surface area contributed by atoms with Gasteiger partial charge in [0, 0.05) is 6.54 Å². The van der Waals surface area contributed by atoms with Crippen LogP contribution in [0.25, 0.3) is 0 Å². The molecule has 1 saturated heterocycles. The van der Waals surface area contributed by atoms with Crippen molar-refractivity contribution in [3.8, 4) is 0 Å². The third-order valence-corrected chi connectivity index (χ3v) is 4.14. The zero-order valence-corrected chi connectivity index (χ0v) is 13.7. The maximum atomic E-state index is 12.2. The molecule has 3 unspecified atom stereocenters. The van der Waals surface area contributed by atoms with Gasteiger partial charge in [-0.25, -0.2) is 0 Å². The van der Waals surface area contributed by atoms with E-state index in [2.05, 4.69) is 17.6 Å². The van der Waals surface area contributed by atoms with Crippen LogP contribution >= 0.6 is 0 Å². The molecule has 0 aliphatic carbocycles. The van der Waals surface area contributed by atoms with E-state index in [9.17, 15) is 14.7 Å². The number of hydrogen-bond donors (Lipinski definition) is 3. The van der Waals surface area contributed by atoms with E-state index >= 15 is 0 Å². The maximum absolute atomic E-state index is 12.2. The Hall–Kier alpha value is -1.10. The highest BCUT2D eigenvalue weighted by atomic mass is 16.4. The van der Waals surface area contributed by atoms with Gasteiger partial charge in [0.05, 0.1) is 12.0 Å². The van der Waals surface area contributed by atoms with Crippen molar-refractivity contribution in [2.24, 2.45) is 17.3 Å². The quantitative estimate of drug-likeness (QED) is 0.701. The van der Waals surface area contributed by atoms with Crippen molar-refractivity contribution in [3.63, 3.8) is 0 Å². The topological polar surface area (TPSA) is 78.4 Å². The molecule has 1 rings (SSSR count). The van der Waals surface area contributed by atoms with Gasteiger partial charge in [-0.05, 0) is 37.1 Å². The molecule has 0 bridgehead atoms. The van der Waals surface area contributed by atoms with Crippen LogP contribution in [0.1, 0.15) is 53.4 Å². The third kappa shape index (κ3) is 6.46. The van der Waals surface area contributed by atoms with Crippen molar-refractivity contribution in [3.05, 3.63) is 0 Å². The van der Waals surface area contributed by atoms with Gasteiger partial charge in [0.15, 0.2) is 0 Å². The van der Waals surface area contributed by atoms with E-state index < -0.39 is 11.9 Å². The number of aliphatic carboxylic acids is 1. The average molecular weight is 298 g/mol. The molecule has 0 aromatic carbocycles. The lowest BCUT2D eigenvalue weighted by Gasteiger charge is -2.29. The highest BCUT2D eigenvalue weighted by molar-refractivity contribution is 5.82. The Bertz CT molecular complexity index is 363. The number of nitrogens with one attached hydrogen (secondary N) is 2. The first-order chi connectivity index (χ1) is 9.73. The number of carbonyl (C=O) groups is 2. The van der Waals surface area contributed by atoms with Gasteiger partial charge in [-0.3, -0.25) is 9.59 Å². The van der Waals surface area contributed by atoms with Crippen LogP contribution in [-0.2, 0) is 9.59 Å². The Morgan fingerprint density at radius 1 is 1.38 bits per heavy atom. The Morgan fingerprint density at radius 3 is 2.57 bits per heavy atom. The smallest absolute Gasteiger partial charge is 0.308 e. The maximum Gasteiger partial charge on any atom is 0.308 e. The lowest BCUT2D eigenvalue weighted by atomic mass is 9.84. The zero-order chi connectivity index (χ0) is 16.0. The molecule has 3 atom stereocenters. The van der Waals surface area contributed by atoms with Gasteiger partial charge in [0.25, 0.3) is 0 Å². The van der Waals surface area contributed by atoms with Crippen molar-refractivity contribution < 1.29 is 14.7 Å². The average Bonchev–Trinajstić information content (AvgIpc) is 2.41. The van der Waals surface area contributed by atoms with Crippen molar-refractivity contribution in [2.45, 2.75) is 59.4 Å². The standard InChI is InChI=1S/C16H30N2O3/c1-5-11-6-7-17-13(8-11)14(19)18-10-12(15(20)21)9-16(2,3)4/h11-13,17H,5-10H2,1-4H3,(H,18,19)(H,20,21). The molecule has 0 aromatic heterocycles. The van der Waals surface area contributed by atoms with Gasteiger partial charge >= 0.3 is 5.97 Å². The molecule has 1 heterocycles. The molecule has 0 spiro atoms. The van der Waals surface area contributed by atoms with Crippen LogP contribution in [0.3, 0.4) is 0 Å². The normalized spacial score (nSPS) is 24.4. The molecule has 3 N–H and O–H groups in total. The molecule has 5 heteroatoms. The van der Waals surface area contributed by atoms with Gasteiger partial charge in [0.2, 0.25) is 5.91 Å². The second-order valence-electron chi connectivity index (χ2n) is 7.35. The number of carboxylic acids is 1. The predicted octanol–water partition coefficient (Wildman–Crippen LogP) is 2.02. The summed E-state index contributed by atoms with van der Waals surface area (Å²) in [5, 5.41) is 15.3. The third-order valence-electron chi connectivity index (χ3n) is 4.14. The van der Waals surface area contributed by atoms with E-state index in [0.29, 0.717) is 12.3 Å². The van der Waals surface area contributed by atoms with E-state index in [1.54, 1.807) is 0 Å². The van der Waals surface area contributed by atoms with E-state index in [4.69, 9.17) is 0 Å². The van der Waals surface area contributed by atoms with E-state index in [1.807, 2.05) is 20.8 Å². The van der Waals surface area contributed by atoms with Crippen LogP contribution in [0.4, 0.5) is 0 Å². The highest BCUT2D eigenvalue weighted by Gasteiger charge is 2.28. The molecule has 1 amide bonds. The lowest BCUT2D eigenvalue weighted by molar-refractivity contribution is -0.142. The predicted molar refractivity (Wildman–Crippen MR) is 83.0 cm³/mol. The minimum absolute atomic E-state index is 0.0618. The summed E-state index contributed by atoms with van der Waals surface area (Å²) in [6, 6.07) is -0.173. The molecule has 1 aliphatic rings. The van der Waals surface area contributed by atoms with E-state index in [1.165, 1.54) is 0 Å². The molecule has 1 aliphatic heterocycles. The second kappa shape index (κ2) is 7.78. The molecule has 1 fully saturated rings. The van der Waals surface area contributed by atoms with Crippen LogP contribution in [0.15, 0.2) is 0 Å². The van der Waals surface area contributed by atoms with Crippen LogP contribution in [-0.4, -0.2) is 36.1 Å². The summed E-state index contributed by atoms with van der Waals surface area (Å²) in [7, 11) is 0. The van der Waals surface area contributed by atoms with Gasteiger partial charge in [-0.2, -0.15) is 0 Å². The summed E-state index contributed by atoms with van der Waals surface area (Å²) in [5.41, 5.74) is -0.0653. The first kappa shape index (κ1) is 18.0. The van der Waals surface area contributed by atoms with Gasteiger partial charge in [0.1, 0.15) is 0 Å². The van der Waals surface area contributed by atoms with Crippen molar-refractivity contribution >= 4 is 11.9 Å². The van der Waals surface area contributed by atoms with Crippen LogP contribution in [0.2, 0.25) is 0 Å². The Labute approximate surface area is 127 Å². The Kier molecular flexibility index (Phi) is 6.65. The largest absolute Gasteiger partial charge is 0.481 e. The summed E-state index contributed by atoms with van der Waals surface area (Å²) >= 11 is 0. The van der Waals surface area contributed by atoms with Crippen molar-refractivity contribution in [1.82, 2.24) is 10.6 Å². The molecule has 0 aromatic rings. The minimum Gasteiger partial charge on any atom is -0.481 e. The minimum atomic E-state index is -0.840. The number of piperidine rings is 1. The SMILES string of the molecule is CCC1CCNC(C(=O)NCC(CC(C)(C)C)C(=O)O)C1. The fourth-order valence-corrected chi connectivity index (χ4v) is 2.90. The van der Waals surface area contributed by atoms with Crippen molar-refractivity contribution in [1.29, 1.82) is 0 Å². The summed E-state index contributed by atoms with van der Waals surface area (Å²) in [6.07, 6.45) is 3.60. The fraction of sp³-hybridized carbons (Fsp3) is 0.875. The zero-order valence-electron chi connectivity index (χ0n) is 13.7. The van der Waals surface area contributed by atoms with E-state index in [-0.39, 0.29) is 23.9 Å². The number of amides is 1. The molecule has 0 saturated carbocycles. The van der Waals surface area contributed by atoms with Crippen LogP contribution in [0.5, 0.6) is 0 Å². The molecular formula is C16H30N2O3. The van der Waals surface area contributed by atoms with Gasteiger partial charge in [-0.15, -0.1) is 0 Å². The summed E-state index contributed by atoms with van der Waals surface area (Å²) in [4.78, 5) is 23.5. The summed E-state index contributed by atoms with van der Waals surface area (Å²) in [6.45, 7) is 9.26. The first-order valence-corrected chi connectivity index (χ1v) is 7.97. The summed E-state index contributed by atoms with van der Waals surface area (Å²) in [5.74, 6) is -0.840. The van der Waals surface area contributed by atoms with Crippen LogP contribution < -0.4 is 10.6 Å². The lowest BCUT2D eigenvalue weighted by Crippen LogP contribution is -2.50. The first-order valence-electron chi connectivity index (χ1n) is 7.97. The highest BCUT2D eigenvalue weighted by Crippen LogP contribution is 2.24. The van der Waals surface area contributed by atoms with Crippen LogP contribution in [0, 0.1) is 17.3 Å². The van der Waals surface area contributed by atoms with E-state index in [0.717, 1.165) is 25.8 Å². The number of carbonyl (C=O) groups excluding carboxylic acids is 1. The molecule has 5 nitrogen and oxygen atoms in total. The Morgan fingerprint density at radius 2 is 2.05 bits per heavy atom. The number of hydrogen-bond acceptors (Lipinski definition) is 3. The molecular weight excluding hydrogens is 268 g/mol. The summed E-state index contributed by atoms with van der Waals surface area (Å²) < 4.78 is 0. The molecule has 21 heavy (non-hydrogen) atoms. The van der Waals surface area contributed by atoms with Crippen molar-refractivity contribution in [2.75, 3.05) is 13.1 Å². The van der Waals surface area contributed by atoms with Gasteiger partial charge < -0.3 is 15.7 Å². The molecule has 0 radical (unpaired) electrons.